The van der Waals surface area contributed by atoms with Crippen molar-refractivity contribution in [2.75, 3.05) is 5.75 Å². The predicted octanol–water partition coefficient (Wildman–Crippen LogP) is 3.22. The summed E-state index contributed by atoms with van der Waals surface area (Å²) in [5.41, 5.74) is 2.02. The number of hydrogen-bond acceptors (Lipinski definition) is 5. The smallest absolute Gasteiger partial charge is 0.327 e. The third-order valence-corrected chi connectivity index (χ3v) is 5.12. The molecule has 1 aromatic heterocycles. The van der Waals surface area contributed by atoms with Gasteiger partial charge in [0.15, 0.2) is 11.5 Å². The lowest BCUT2D eigenvalue weighted by Gasteiger charge is -2.19. The van der Waals surface area contributed by atoms with Crippen LogP contribution in [0.3, 0.4) is 0 Å². The Morgan fingerprint density at radius 3 is 2.42 bits per heavy atom. The summed E-state index contributed by atoms with van der Waals surface area (Å²) in [4.78, 5) is 34.9. The highest BCUT2D eigenvalue weighted by Gasteiger charge is 2.24. The number of aryl methyl sites for hydroxylation is 1. The van der Waals surface area contributed by atoms with Crippen LogP contribution in [0.15, 0.2) is 47.1 Å². The van der Waals surface area contributed by atoms with Crippen LogP contribution in [0.1, 0.15) is 40.3 Å². The summed E-state index contributed by atoms with van der Waals surface area (Å²) < 4.78 is 5.16. The Labute approximate surface area is 156 Å². The zero-order valence-corrected chi connectivity index (χ0v) is 15.4. The molecule has 1 aromatic carbocycles. The predicted molar refractivity (Wildman–Crippen MR) is 99.3 cm³/mol. The van der Waals surface area contributed by atoms with Gasteiger partial charge >= 0.3 is 5.97 Å². The van der Waals surface area contributed by atoms with Gasteiger partial charge in [0.05, 0.1) is 6.26 Å². The Morgan fingerprint density at radius 1 is 1.19 bits per heavy atom. The zero-order chi connectivity index (χ0) is 19.1. The Balaban J connectivity index is 2.14. The van der Waals surface area contributed by atoms with E-state index in [1.807, 2.05) is 31.2 Å². The van der Waals surface area contributed by atoms with E-state index >= 15 is 0 Å². The van der Waals surface area contributed by atoms with Crippen molar-refractivity contribution in [3.63, 3.8) is 0 Å². The summed E-state index contributed by atoms with van der Waals surface area (Å²) in [5.74, 6) is -1.23. The Kier molecular flexibility index (Phi) is 7.03. The molecule has 0 saturated carbocycles. The summed E-state index contributed by atoms with van der Waals surface area (Å²) >= 11 is 1.33. The summed E-state index contributed by atoms with van der Waals surface area (Å²) in [6.07, 6.45) is 1.62. The van der Waals surface area contributed by atoms with Crippen LogP contribution in [0.25, 0.3) is 0 Å². The molecule has 0 bridgehead atoms. The van der Waals surface area contributed by atoms with Gasteiger partial charge in [0.25, 0.3) is 0 Å². The third-order valence-electron chi connectivity index (χ3n) is 3.76. The van der Waals surface area contributed by atoms with Crippen LogP contribution in [0, 0.1) is 6.92 Å². The molecule has 1 amide bonds. The molecule has 2 rings (SSSR count). The molecule has 0 saturated heterocycles. The fraction of sp³-hybridized carbons (Fsp3) is 0.316. The molecule has 2 aromatic rings. The second kappa shape index (κ2) is 9.24. The Hall–Kier alpha value is -2.54. The van der Waals surface area contributed by atoms with Gasteiger partial charge in [-0.15, -0.1) is 0 Å². The number of rotatable bonds is 9. The molecule has 0 unspecified atom stereocenters. The van der Waals surface area contributed by atoms with Crippen molar-refractivity contribution < 1.29 is 23.9 Å². The molecule has 7 heteroatoms. The number of benzene rings is 1. The van der Waals surface area contributed by atoms with Crippen LogP contribution in [0.2, 0.25) is 0 Å². The van der Waals surface area contributed by atoms with Crippen LogP contribution in [0.4, 0.5) is 0 Å². The van der Waals surface area contributed by atoms with Crippen molar-refractivity contribution in [2.24, 2.45) is 0 Å². The maximum absolute atomic E-state index is 12.4. The topological polar surface area (TPSA) is 96.6 Å². The van der Waals surface area contributed by atoms with Gasteiger partial charge in [-0.1, -0.05) is 29.8 Å². The van der Waals surface area contributed by atoms with Gasteiger partial charge < -0.3 is 14.8 Å². The summed E-state index contributed by atoms with van der Waals surface area (Å²) in [5, 5.41) is 11.4. The minimum atomic E-state index is -1.10. The van der Waals surface area contributed by atoms with Crippen molar-refractivity contribution in [3.8, 4) is 0 Å². The van der Waals surface area contributed by atoms with Gasteiger partial charge in [0.1, 0.15) is 6.04 Å². The fourth-order valence-electron chi connectivity index (χ4n) is 2.39. The van der Waals surface area contributed by atoms with Crippen molar-refractivity contribution in [3.05, 3.63) is 59.5 Å². The van der Waals surface area contributed by atoms with E-state index in [1.54, 1.807) is 12.1 Å². The van der Waals surface area contributed by atoms with Crippen molar-refractivity contribution in [2.45, 2.75) is 31.6 Å². The summed E-state index contributed by atoms with van der Waals surface area (Å²) in [7, 11) is 0. The molecule has 0 fully saturated rings. The molecular formula is C19H21NO5S. The Morgan fingerprint density at radius 2 is 1.88 bits per heavy atom. The SMILES string of the molecule is CC(=O)N[C@@H](CS[C@H](CC(=O)c1ccco1)c1ccc(C)cc1)C(=O)O. The number of carboxylic acid groups (broad SMARTS) is 1. The first-order valence-corrected chi connectivity index (χ1v) is 9.16. The minimum absolute atomic E-state index is 0.152. The molecule has 1 heterocycles. The van der Waals surface area contributed by atoms with Gasteiger partial charge in [-0.3, -0.25) is 9.59 Å². The molecule has 138 valence electrons. The van der Waals surface area contributed by atoms with E-state index < -0.39 is 17.9 Å². The molecular weight excluding hydrogens is 354 g/mol. The summed E-state index contributed by atoms with van der Waals surface area (Å²) in [6.45, 7) is 3.25. The fourth-order valence-corrected chi connectivity index (χ4v) is 3.66. The van der Waals surface area contributed by atoms with Crippen LogP contribution in [-0.4, -0.2) is 34.6 Å². The van der Waals surface area contributed by atoms with Crippen LogP contribution in [-0.2, 0) is 9.59 Å². The molecule has 2 N–H and O–H groups in total. The average Bonchev–Trinajstić information content (AvgIpc) is 3.12. The number of furan rings is 1. The van der Waals surface area contributed by atoms with E-state index in [1.165, 1.54) is 24.9 Å². The standard InChI is InChI=1S/C19H21NO5S/c1-12-5-7-14(8-6-12)18(10-16(22)17-4-3-9-25-17)26-11-15(19(23)24)20-13(2)21/h3-9,15,18H,10-11H2,1-2H3,(H,20,21)(H,23,24)/t15-,18+/m0/s1. The normalized spacial score (nSPS) is 13.0. The van der Waals surface area contributed by atoms with Crippen LogP contribution >= 0.6 is 11.8 Å². The van der Waals surface area contributed by atoms with Gasteiger partial charge in [0, 0.05) is 24.3 Å². The number of hydrogen-bond donors (Lipinski definition) is 2. The highest BCUT2D eigenvalue weighted by atomic mass is 32.2. The lowest BCUT2D eigenvalue weighted by Crippen LogP contribution is -2.41. The maximum atomic E-state index is 12.4. The molecule has 6 nitrogen and oxygen atoms in total. The number of nitrogens with one attached hydrogen (secondary N) is 1. The highest BCUT2D eigenvalue weighted by Crippen LogP contribution is 2.34. The van der Waals surface area contributed by atoms with Crippen LogP contribution in [0.5, 0.6) is 0 Å². The van der Waals surface area contributed by atoms with Crippen molar-refractivity contribution >= 4 is 29.4 Å². The van der Waals surface area contributed by atoms with Gasteiger partial charge in [0.2, 0.25) is 5.91 Å². The lowest BCUT2D eigenvalue weighted by atomic mass is 10.0. The minimum Gasteiger partial charge on any atom is -0.480 e. The second-order valence-electron chi connectivity index (χ2n) is 5.93. The molecule has 0 aliphatic rings. The lowest BCUT2D eigenvalue weighted by molar-refractivity contribution is -0.140. The molecule has 26 heavy (non-hydrogen) atoms. The second-order valence-corrected chi connectivity index (χ2v) is 7.16. The largest absolute Gasteiger partial charge is 0.480 e. The molecule has 0 radical (unpaired) electrons. The average molecular weight is 375 g/mol. The molecule has 0 aliphatic carbocycles. The monoisotopic (exact) mass is 375 g/mol. The van der Waals surface area contributed by atoms with Gasteiger partial charge in [-0.05, 0) is 24.6 Å². The number of ketones is 1. The van der Waals surface area contributed by atoms with E-state index in [9.17, 15) is 19.5 Å². The van der Waals surface area contributed by atoms with E-state index in [2.05, 4.69) is 5.32 Å². The van der Waals surface area contributed by atoms with E-state index in [4.69, 9.17) is 4.42 Å². The number of carbonyl (C=O) groups excluding carboxylic acids is 2. The first kappa shape index (κ1) is 19.8. The van der Waals surface area contributed by atoms with E-state index in [0.29, 0.717) is 0 Å². The number of aliphatic carboxylic acids is 1. The number of thioether (sulfide) groups is 1. The summed E-state index contributed by atoms with van der Waals surface area (Å²) in [6, 6.07) is 10.00. The molecule has 0 spiro atoms. The zero-order valence-electron chi connectivity index (χ0n) is 14.6. The Bertz CT molecular complexity index is 755. The quantitative estimate of drug-likeness (QED) is 0.653. The highest BCUT2D eigenvalue weighted by molar-refractivity contribution is 7.99. The van der Waals surface area contributed by atoms with Gasteiger partial charge in [-0.2, -0.15) is 11.8 Å². The van der Waals surface area contributed by atoms with E-state index in [-0.39, 0.29) is 29.0 Å². The first-order valence-electron chi connectivity index (χ1n) is 8.11. The van der Waals surface area contributed by atoms with Crippen molar-refractivity contribution in [1.29, 1.82) is 0 Å². The maximum Gasteiger partial charge on any atom is 0.327 e. The first-order chi connectivity index (χ1) is 12.4. The van der Waals surface area contributed by atoms with Gasteiger partial charge in [-0.25, -0.2) is 4.79 Å². The van der Waals surface area contributed by atoms with Crippen LogP contribution < -0.4 is 5.32 Å². The number of amides is 1. The number of carboxylic acids is 1. The van der Waals surface area contributed by atoms with Crippen molar-refractivity contribution in [1.82, 2.24) is 5.32 Å². The van der Waals surface area contributed by atoms with E-state index in [0.717, 1.165) is 11.1 Å². The number of Topliss-reactive ketones (excluding diaryl/α,β-unsaturated/α-hetero) is 1. The molecule has 0 aliphatic heterocycles. The number of carbonyl (C=O) groups is 3. The third kappa shape index (κ3) is 5.77. The molecule has 2 atom stereocenters.